The Morgan fingerprint density at radius 2 is 2.25 bits per heavy atom. The molecule has 0 aliphatic carbocycles. The number of carbonyl (C=O) groups is 1. The summed E-state index contributed by atoms with van der Waals surface area (Å²) in [7, 11) is 0. The van der Waals surface area contributed by atoms with Crippen LogP contribution >= 0.6 is 11.5 Å². The number of hydrogen-bond donors (Lipinski definition) is 1. The molecule has 1 aromatic rings. The van der Waals surface area contributed by atoms with Gasteiger partial charge in [0.1, 0.15) is 5.82 Å². The van der Waals surface area contributed by atoms with Crippen LogP contribution < -0.4 is 5.32 Å². The molecule has 0 fully saturated rings. The van der Waals surface area contributed by atoms with Crippen LogP contribution in [0.1, 0.15) is 32.5 Å². The average Bonchev–Trinajstić information content (AvgIpc) is 2.34. The van der Waals surface area contributed by atoms with Crippen LogP contribution in [0.25, 0.3) is 0 Å². The smallest absolute Gasteiger partial charge is 0.223 e. The first-order valence-corrected chi connectivity index (χ1v) is 4.48. The third-order valence-corrected chi connectivity index (χ3v) is 1.89. The van der Waals surface area contributed by atoms with Crippen molar-refractivity contribution in [1.82, 2.24) is 9.36 Å². The van der Waals surface area contributed by atoms with Crippen molar-refractivity contribution in [3.05, 3.63) is 5.82 Å². The lowest BCUT2D eigenvalue weighted by Gasteiger charge is -1.95. The molecule has 0 aromatic carbocycles. The molecule has 1 heterocycles. The number of anilines is 1. The lowest BCUT2D eigenvalue weighted by atomic mass is 10.2. The van der Waals surface area contributed by atoms with Crippen LogP contribution in [0, 0.1) is 0 Å². The summed E-state index contributed by atoms with van der Waals surface area (Å²) in [5.41, 5.74) is 0. The summed E-state index contributed by atoms with van der Waals surface area (Å²) in [6, 6.07) is 0. The normalized spacial score (nSPS) is 10.3. The van der Waals surface area contributed by atoms with Crippen molar-refractivity contribution >= 4 is 22.6 Å². The molecule has 66 valence electrons. The molecule has 0 spiro atoms. The van der Waals surface area contributed by atoms with Crippen LogP contribution in [0.4, 0.5) is 5.13 Å². The van der Waals surface area contributed by atoms with Gasteiger partial charge in [0.15, 0.2) is 0 Å². The molecular formula is C7H11N3OS. The highest BCUT2D eigenvalue weighted by Gasteiger charge is 2.07. The topological polar surface area (TPSA) is 54.9 Å². The first kappa shape index (κ1) is 9.12. The number of rotatable bonds is 2. The number of aromatic nitrogens is 2. The number of amides is 1. The SMILES string of the molecule is CC(=O)Nc1nc(C(C)C)ns1. The fourth-order valence-corrected chi connectivity index (χ4v) is 1.43. The van der Waals surface area contributed by atoms with Crippen molar-refractivity contribution in [2.75, 3.05) is 5.32 Å². The van der Waals surface area contributed by atoms with Crippen LogP contribution in [0.15, 0.2) is 0 Å². The Kier molecular flexibility index (Phi) is 2.75. The predicted molar refractivity (Wildman–Crippen MR) is 48.3 cm³/mol. The van der Waals surface area contributed by atoms with Gasteiger partial charge in [0.05, 0.1) is 0 Å². The zero-order valence-corrected chi connectivity index (χ0v) is 8.10. The van der Waals surface area contributed by atoms with Gasteiger partial charge in [-0.2, -0.15) is 4.37 Å². The predicted octanol–water partition coefficient (Wildman–Crippen LogP) is 1.62. The Balaban J connectivity index is 2.70. The Morgan fingerprint density at radius 1 is 1.58 bits per heavy atom. The van der Waals surface area contributed by atoms with Crippen LogP contribution in [0.2, 0.25) is 0 Å². The van der Waals surface area contributed by atoms with Crippen molar-refractivity contribution < 1.29 is 4.79 Å². The van der Waals surface area contributed by atoms with E-state index in [1.165, 1.54) is 18.5 Å². The Hall–Kier alpha value is -0.970. The molecule has 1 amide bonds. The summed E-state index contributed by atoms with van der Waals surface area (Å²) < 4.78 is 4.08. The van der Waals surface area contributed by atoms with E-state index in [4.69, 9.17) is 0 Å². The van der Waals surface area contributed by atoms with E-state index in [1.807, 2.05) is 13.8 Å². The first-order chi connectivity index (χ1) is 5.59. The van der Waals surface area contributed by atoms with Gasteiger partial charge in [0.2, 0.25) is 11.0 Å². The summed E-state index contributed by atoms with van der Waals surface area (Å²) in [5.74, 6) is 0.981. The minimum atomic E-state index is -0.110. The zero-order chi connectivity index (χ0) is 9.14. The molecule has 0 unspecified atom stereocenters. The highest BCUT2D eigenvalue weighted by atomic mass is 32.1. The van der Waals surface area contributed by atoms with E-state index in [0.29, 0.717) is 11.0 Å². The molecule has 5 heteroatoms. The van der Waals surface area contributed by atoms with E-state index in [1.54, 1.807) is 0 Å². The second-order valence-electron chi connectivity index (χ2n) is 2.79. The van der Waals surface area contributed by atoms with Gasteiger partial charge in [-0.3, -0.25) is 4.79 Å². The third-order valence-electron chi connectivity index (χ3n) is 1.24. The minimum absolute atomic E-state index is 0.110. The maximum absolute atomic E-state index is 10.6. The van der Waals surface area contributed by atoms with Gasteiger partial charge in [-0.15, -0.1) is 0 Å². The quantitative estimate of drug-likeness (QED) is 0.761. The highest BCUT2D eigenvalue weighted by molar-refractivity contribution is 7.09. The summed E-state index contributed by atoms with van der Waals surface area (Å²) in [5, 5.41) is 3.16. The van der Waals surface area contributed by atoms with Gasteiger partial charge >= 0.3 is 0 Å². The second-order valence-corrected chi connectivity index (χ2v) is 3.55. The first-order valence-electron chi connectivity index (χ1n) is 3.71. The van der Waals surface area contributed by atoms with Crippen molar-refractivity contribution in [3.8, 4) is 0 Å². The monoisotopic (exact) mass is 185 g/mol. The second kappa shape index (κ2) is 3.62. The molecule has 0 saturated heterocycles. The van der Waals surface area contributed by atoms with Gasteiger partial charge in [-0.25, -0.2) is 4.98 Å². The minimum Gasteiger partial charge on any atom is -0.301 e. The van der Waals surface area contributed by atoms with Gasteiger partial charge < -0.3 is 5.32 Å². The van der Waals surface area contributed by atoms with E-state index in [-0.39, 0.29) is 5.91 Å². The lowest BCUT2D eigenvalue weighted by Crippen LogP contribution is -2.05. The van der Waals surface area contributed by atoms with E-state index >= 15 is 0 Å². The molecule has 1 N–H and O–H groups in total. The standard InChI is InChI=1S/C7H11N3OS/c1-4(2)6-9-7(12-10-6)8-5(3)11/h4H,1-3H3,(H,8,9,10,11). The van der Waals surface area contributed by atoms with Crippen molar-refractivity contribution in [2.24, 2.45) is 0 Å². The Labute approximate surface area is 75.2 Å². The summed E-state index contributed by atoms with van der Waals surface area (Å²) >= 11 is 1.21. The molecule has 0 saturated carbocycles. The van der Waals surface area contributed by atoms with Gasteiger partial charge in [0.25, 0.3) is 0 Å². The van der Waals surface area contributed by atoms with E-state index in [0.717, 1.165) is 5.82 Å². The van der Waals surface area contributed by atoms with Crippen molar-refractivity contribution in [1.29, 1.82) is 0 Å². The fourth-order valence-electron chi connectivity index (χ4n) is 0.671. The lowest BCUT2D eigenvalue weighted by molar-refractivity contribution is -0.114. The van der Waals surface area contributed by atoms with Crippen LogP contribution in [0.3, 0.4) is 0 Å². The van der Waals surface area contributed by atoms with Crippen LogP contribution in [-0.4, -0.2) is 15.3 Å². The Bertz CT molecular complexity index is 282. The van der Waals surface area contributed by atoms with E-state index in [9.17, 15) is 4.79 Å². The van der Waals surface area contributed by atoms with Crippen molar-refractivity contribution in [2.45, 2.75) is 26.7 Å². The molecule has 4 nitrogen and oxygen atoms in total. The third kappa shape index (κ3) is 2.27. The van der Waals surface area contributed by atoms with Crippen LogP contribution in [0.5, 0.6) is 0 Å². The number of hydrogen-bond acceptors (Lipinski definition) is 4. The average molecular weight is 185 g/mol. The largest absolute Gasteiger partial charge is 0.301 e. The summed E-state index contributed by atoms with van der Waals surface area (Å²) in [4.78, 5) is 14.7. The van der Waals surface area contributed by atoms with Crippen LogP contribution in [-0.2, 0) is 4.79 Å². The zero-order valence-electron chi connectivity index (χ0n) is 7.29. The summed E-state index contributed by atoms with van der Waals surface area (Å²) in [6.45, 7) is 5.48. The molecule has 0 radical (unpaired) electrons. The number of nitrogens with one attached hydrogen (secondary N) is 1. The fraction of sp³-hybridized carbons (Fsp3) is 0.571. The molecule has 1 rings (SSSR count). The van der Waals surface area contributed by atoms with Gasteiger partial charge in [0, 0.05) is 24.4 Å². The number of nitrogens with zero attached hydrogens (tertiary/aromatic N) is 2. The molecule has 0 aliphatic heterocycles. The molecule has 0 bridgehead atoms. The van der Waals surface area contributed by atoms with Gasteiger partial charge in [-0.05, 0) is 0 Å². The molecule has 0 atom stereocenters. The maximum Gasteiger partial charge on any atom is 0.223 e. The molecule has 1 aromatic heterocycles. The molecule has 0 aliphatic rings. The molecular weight excluding hydrogens is 174 g/mol. The van der Waals surface area contributed by atoms with Gasteiger partial charge in [-0.1, -0.05) is 13.8 Å². The maximum atomic E-state index is 10.6. The highest BCUT2D eigenvalue weighted by Crippen LogP contribution is 2.16. The molecule has 12 heavy (non-hydrogen) atoms. The van der Waals surface area contributed by atoms with Crippen molar-refractivity contribution in [3.63, 3.8) is 0 Å². The Morgan fingerprint density at radius 3 is 2.67 bits per heavy atom. The number of carbonyl (C=O) groups excluding carboxylic acids is 1. The summed E-state index contributed by atoms with van der Waals surface area (Å²) in [6.07, 6.45) is 0. The van der Waals surface area contributed by atoms with E-state index in [2.05, 4.69) is 14.7 Å². The van der Waals surface area contributed by atoms with E-state index < -0.39 is 0 Å².